The van der Waals surface area contributed by atoms with Gasteiger partial charge in [-0.2, -0.15) is 0 Å². The molecule has 1 N–H and O–H groups in total. The number of sulfonamides is 1. The van der Waals surface area contributed by atoms with Crippen molar-refractivity contribution in [2.24, 2.45) is 0 Å². The van der Waals surface area contributed by atoms with Crippen LogP contribution in [0.4, 0.5) is 5.69 Å². The standard InChI is InChI=1S/C32H38N2O5S/c1-23-10-13-26(14-11-23)40(36,37)34-21-29(39-28-15-12-25(20-27(28)34)31(2,3)4)30(35)33-22-32(16-18-38-19-17-32)24-8-6-5-7-9-24/h5-15,20,29H,16-19,21-22H2,1-4H3,(H,33,35)/t29-/m1/s1. The zero-order valence-electron chi connectivity index (χ0n) is 23.6. The number of amides is 1. The second kappa shape index (κ2) is 10.9. The number of anilines is 1. The Morgan fingerprint density at radius 1 is 1.00 bits per heavy atom. The molecule has 0 aliphatic carbocycles. The lowest BCUT2D eigenvalue weighted by Crippen LogP contribution is -2.53. The molecule has 2 heterocycles. The summed E-state index contributed by atoms with van der Waals surface area (Å²) < 4.78 is 41.1. The van der Waals surface area contributed by atoms with E-state index in [4.69, 9.17) is 9.47 Å². The molecule has 7 nitrogen and oxygen atoms in total. The monoisotopic (exact) mass is 562 g/mol. The third-order valence-corrected chi connectivity index (χ3v) is 9.83. The number of nitrogens with one attached hydrogen (secondary N) is 1. The first kappa shape index (κ1) is 28.2. The average Bonchev–Trinajstić information content (AvgIpc) is 2.95. The Kier molecular flexibility index (Phi) is 7.68. The van der Waals surface area contributed by atoms with Gasteiger partial charge in [0.2, 0.25) is 0 Å². The summed E-state index contributed by atoms with van der Waals surface area (Å²) in [5, 5.41) is 3.11. The Morgan fingerprint density at radius 3 is 2.33 bits per heavy atom. The molecular formula is C32H38N2O5S. The van der Waals surface area contributed by atoms with Crippen molar-refractivity contribution in [1.82, 2.24) is 5.32 Å². The van der Waals surface area contributed by atoms with Crippen molar-refractivity contribution in [3.05, 3.63) is 89.5 Å². The molecule has 3 aromatic rings. The summed E-state index contributed by atoms with van der Waals surface area (Å²) in [4.78, 5) is 13.8. The molecule has 1 fully saturated rings. The van der Waals surface area contributed by atoms with Crippen LogP contribution < -0.4 is 14.4 Å². The molecule has 212 valence electrons. The minimum atomic E-state index is -3.95. The predicted octanol–water partition coefficient (Wildman–Crippen LogP) is 5.11. The van der Waals surface area contributed by atoms with Gasteiger partial charge in [0.1, 0.15) is 5.75 Å². The van der Waals surface area contributed by atoms with E-state index in [1.807, 2.05) is 37.3 Å². The van der Waals surface area contributed by atoms with Crippen LogP contribution in [0.15, 0.2) is 77.7 Å². The maximum atomic E-state index is 14.0. The minimum absolute atomic E-state index is 0.121. The van der Waals surface area contributed by atoms with E-state index in [9.17, 15) is 13.2 Å². The number of hydrogen-bond donors (Lipinski definition) is 1. The Hall–Kier alpha value is -3.36. The highest BCUT2D eigenvalue weighted by Crippen LogP contribution is 2.40. The van der Waals surface area contributed by atoms with Crippen molar-refractivity contribution < 1.29 is 22.7 Å². The van der Waals surface area contributed by atoms with Gasteiger partial charge in [-0.05, 0) is 60.6 Å². The Balaban J connectivity index is 1.45. The third kappa shape index (κ3) is 5.60. The van der Waals surface area contributed by atoms with E-state index in [-0.39, 0.29) is 28.2 Å². The molecule has 40 heavy (non-hydrogen) atoms. The van der Waals surface area contributed by atoms with E-state index in [1.54, 1.807) is 30.3 Å². The van der Waals surface area contributed by atoms with Gasteiger partial charge in [-0.15, -0.1) is 0 Å². The maximum absolute atomic E-state index is 14.0. The highest BCUT2D eigenvalue weighted by atomic mass is 32.2. The largest absolute Gasteiger partial charge is 0.476 e. The molecule has 0 bridgehead atoms. The quantitative estimate of drug-likeness (QED) is 0.451. The van der Waals surface area contributed by atoms with E-state index in [0.717, 1.165) is 29.5 Å². The fourth-order valence-corrected chi connectivity index (χ4v) is 6.88. The molecule has 0 saturated carbocycles. The van der Waals surface area contributed by atoms with Crippen LogP contribution in [0.3, 0.4) is 0 Å². The number of ether oxygens (including phenoxy) is 2. The first-order chi connectivity index (χ1) is 19.0. The first-order valence-corrected chi connectivity index (χ1v) is 15.3. The number of hydrogen-bond acceptors (Lipinski definition) is 5. The minimum Gasteiger partial charge on any atom is -0.476 e. The Morgan fingerprint density at radius 2 is 1.68 bits per heavy atom. The van der Waals surface area contributed by atoms with E-state index >= 15 is 0 Å². The second-order valence-corrected chi connectivity index (χ2v) is 13.7. The summed E-state index contributed by atoms with van der Waals surface area (Å²) in [5.74, 6) is 0.0374. The zero-order valence-corrected chi connectivity index (χ0v) is 24.5. The van der Waals surface area contributed by atoms with Gasteiger partial charge in [0, 0.05) is 25.2 Å². The fraction of sp³-hybridized carbons (Fsp3) is 0.406. The van der Waals surface area contributed by atoms with Gasteiger partial charge >= 0.3 is 0 Å². The van der Waals surface area contributed by atoms with Crippen molar-refractivity contribution >= 4 is 21.6 Å². The summed E-state index contributed by atoms with van der Waals surface area (Å²) in [6, 6.07) is 22.5. The lowest BCUT2D eigenvalue weighted by Gasteiger charge is -2.39. The lowest BCUT2D eigenvalue weighted by atomic mass is 9.74. The number of carbonyl (C=O) groups is 1. The molecule has 1 amide bonds. The molecule has 0 radical (unpaired) electrons. The van der Waals surface area contributed by atoms with E-state index < -0.39 is 16.1 Å². The molecule has 0 unspecified atom stereocenters. The summed E-state index contributed by atoms with van der Waals surface area (Å²) in [7, 11) is -3.95. The summed E-state index contributed by atoms with van der Waals surface area (Å²) >= 11 is 0. The topological polar surface area (TPSA) is 84.9 Å². The number of carbonyl (C=O) groups excluding carboxylic acids is 1. The van der Waals surface area contributed by atoms with E-state index in [1.165, 1.54) is 4.31 Å². The fourth-order valence-electron chi connectivity index (χ4n) is 5.41. The van der Waals surface area contributed by atoms with Gasteiger partial charge in [0.05, 0.1) is 17.1 Å². The summed E-state index contributed by atoms with van der Waals surface area (Å²) in [6.07, 6.45) is 0.575. The van der Waals surface area contributed by atoms with Gasteiger partial charge in [0.15, 0.2) is 6.10 Å². The van der Waals surface area contributed by atoms with Gasteiger partial charge in [-0.1, -0.05) is 74.9 Å². The zero-order chi connectivity index (χ0) is 28.5. The molecule has 2 aliphatic rings. The maximum Gasteiger partial charge on any atom is 0.264 e. The molecule has 1 saturated heterocycles. The number of aryl methyl sites for hydroxylation is 1. The first-order valence-electron chi connectivity index (χ1n) is 13.8. The molecule has 5 rings (SSSR count). The van der Waals surface area contributed by atoms with E-state index in [2.05, 4.69) is 38.2 Å². The van der Waals surface area contributed by atoms with E-state index in [0.29, 0.717) is 31.2 Å². The normalized spacial score (nSPS) is 18.9. The molecule has 0 spiro atoms. The second-order valence-electron chi connectivity index (χ2n) is 11.9. The van der Waals surface area contributed by atoms with Gasteiger partial charge in [0.25, 0.3) is 15.9 Å². The van der Waals surface area contributed by atoms with Crippen LogP contribution in [0.5, 0.6) is 5.75 Å². The van der Waals surface area contributed by atoms with Crippen LogP contribution in [0.2, 0.25) is 0 Å². The summed E-state index contributed by atoms with van der Waals surface area (Å²) in [6.45, 7) is 9.68. The van der Waals surface area contributed by atoms with Crippen LogP contribution >= 0.6 is 0 Å². The Labute approximate surface area is 237 Å². The molecular weight excluding hydrogens is 524 g/mol. The number of nitrogens with zero attached hydrogens (tertiary/aromatic N) is 1. The third-order valence-electron chi connectivity index (χ3n) is 8.03. The van der Waals surface area contributed by atoms with Crippen molar-refractivity contribution in [2.75, 3.05) is 30.6 Å². The highest BCUT2D eigenvalue weighted by molar-refractivity contribution is 7.92. The molecule has 0 aromatic heterocycles. The molecule has 1 atom stereocenters. The van der Waals surface area contributed by atoms with Crippen LogP contribution in [0, 0.1) is 6.92 Å². The molecule has 2 aliphatic heterocycles. The van der Waals surface area contributed by atoms with Crippen molar-refractivity contribution in [1.29, 1.82) is 0 Å². The highest BCUT2D eigenvalue weighted by Gasteiger charge is 2.40. The van der Waals surface area contributed by atoms with Crippen LogP contribution in [0.25, 0.3) is 0 Å². The number of rotatable bonds is 6. The smallest absolute Gasteiger partial charge is 0.264 e. The van der Waals surface area contributed by atoms with Gasteiger partial charge in [-0.3, -0.25) is 9.10 Å². The lowest BCUT2D eigenvalue weighted by molar-refractivity contribution is -0.128. The molecule has 8 heteroatoms. The van der Waals surface area contributed by atoms with Gasteiger partial charge < -0.3 is 14.8 Å². The average molecular weight is 563 g/mol. The van der Waals surface area contributed by atoms with Crippen molar-refractivity contribution in [3.8, 4) is 5.75 Å². The van der Waals surface area contributed by atoms with Crippen molar-refractivity contribution in [3.63, 3.8) is 0 Å². The van der Waals surface area contributed by atoms with Crippen LogP contribution in [-0.4, -0.2) is 46.7 Å². The summed E-state index contributed by atoms with van der Waals surface area (Å²) in [5.41, 5.74) is 3.10. The molecule has 3 aromatic carbocycles. The Bertz CT molecular complexity index is 1460. The number of fused-ring (bicyclic) bond motifs is 1. The SMILES string of the molecule is Cc1ccc(S(=O)(=O)N2C[C@H](C(=O)NCC3(c4ccccc4)CCOCC3)Oc3ccc(C(C)(C)C)cc32)cc1. The van der Waals surface area contributed by atoms with Gasteiger partial charge in [-0.25, -0.2) is 8.42 Å². The van der Waals surface area contributed by atoms with Crippen molar-refractivity contribution in [2.45, 2.75) is 62.4 Å². The van der Waals surface area contributed by atoms with Crippen LogP contribution in [0.1, 0.15) is 50.3 Å². The van der Waals surface area contributed by atoms with Crippen LogP contribution in [-0.2, 0) is 30.4 Å². The number of benzene rings is 3. The predicted molar refractivity (Wildman–Crippen MR) is 156 cm³/mol.